The predicted molar refractivity (Wildman–Crippen MR) is 118 cm³/mol. The van der Waals surface area contributed by atoms with Gasteiger partial charge in [0.25, 0.3) is 11.5 Å². The zero-order chi connectivity index (χ0) is 22.8. The van der Waals surface area contributed by atoms with Crippen LogP contribution < -0.4 is 9.64 Å². The van der Waals surface area contributed by atoms with Crippen molar-refractivity contribution in [3.05, 3.63) is 86.9 Å². The Hall–Kier alpha value is -4.05. The molecule has 0 radical (unpaired) electrons. The fourth-order valence-corrected chi connectivity index (χ4v) is 4.16. The Morgan fingerprint density at radius 2 is 1.88 bits per heavy atom. The number of ketones is 1. The van der Waals surface area contributed by atoms with E-state index in [1.54, 1.807) is 29.6 Å². The van der Waals surface area contributed by atoms with E-state index in [-0.39, 0.29) is 22.2 Å². The van der Waals surface area contributed by atoms with Crippen molar-refractivity contribution < 1.29 is 24.4 Å². The topological polar surface area (TPSA) is 123 Å². The van der Waals surface area contributed by atoms with Crippen LogP contribution in [0.2, 0.25) is 0 Å². The van der Waals surface area contributed by atoms with E-state index in [1.807, 2.05) is 6.92 Å². The number of aliphatic hydroxyl groups excluding tert-OH is 1. The number of nitro groups is 1. The third-order valence-corrected chi connectivity index (χ3v) is 5.70. The fraction of sp³-hybridized carbons (Fsp3) is 0.136. The zero-order valence-electron chi connectivity index (χ0n) is 16.8. The molecule has 10 heteroatoms. The first-order chi connectivity index (χ1) is 15.4. The van der Waals surface area contributed by atoms with Crippen molar-refractivity contribution in [2.75, 3.05) is 11.5 Å². The van der Waals surface area contributed by atoms with Crippen LogP contribution in [-0.4, -0.2) is 33.3 Å². The maximum absolute atomic E-state index is 13.0. The van der Waals surface area contributed by atoms with Crippen LogP contribution in [-0.2, 0) is 9.59 Å². The number of nitro benzene ring substituents is 1. The van der Waals surface area contributed by atoms with Crippen molar-refractivity contribution in [3.8, 4) is 5.75 Å². The number of hydrogen-bond donors (Lipinski definition) is 1. The number of anilines is 1. The lowest BCUT2D eigenvalue weighted by Gasteiger charge is -2.22. The molecular formula is C22H17N3O6S. The monoisotopic (exact) mass is 451 g/mol. The van der Waals surface area contributed by atoms with Gasteiger partial charge in [-0.05, 0) is 48.9 Å². The SMILES string of the molecule is CCOc1ccc(/C(O)=C2\C(=O)C(=O)N(c3nccs3)[C@H]2c2ccc([N+](=O)[O-])cc2)cc1. The second-order valence-corrected chi connectivity index (χ2v) is 7.66. The van der Waals surface area contributed by atoms with Gasteiger partial charge in [-0.3, -0.25) is 24.6 Å². The minimum atomic E-state index is -0.992. The van der Waals surface area contributed by atoms with Crippen LogP contribution >= 0.6 is 11.3 Å². The third kappa shape index (κ3) is 3.71. The Labute approximate surface area is 186 Å². The molecule has 2 heterocycles. The summed E-state index contributed by atoms with van der Waals surface area (Å²) in [4.78, 5) is 41.8. The van der Waals surface area contributed by atoms with E-state index in [1.165, 1.54) is 35.4 Å². The predicted octanol–water partition coefficient (Wildman–Crippen LogP) is 4.08. The normalized spacial score (nSPS) is 17.5. The number of Topliss-reactive ketones (excluding diaryl/α,β-unsaturated/α-hetero) is 1. The number of aliphatic hydroxyl groups is 1. The standard InChI is InChI=1S/C22H17N3O6S/c1-2-31-16-9-5-14(6-10-16)19(26)17-18(13-3-7-15(8-4-13)25(29)30)24(21(28)20(17)27)22-23-11-12-32-22/h3-12,18,26H,2H2,1H3/b19-17+/t18-/m0/s1. The molecule has 162 valence electrons. The number of carbonyl (C=O) groups is 2. The number of rotatable bonds is 6. The van der Waals surface area contributed by atoms with E-state index in [4.69, 9.17) is 4.74 Å². The summed E-state index contributed by atoms with van der Waals surface area (Å²) in [7, 11) is 0. The Morgan fingerprint density at radius 3 is 2.44 bits per heavy atom. The summed E-state index contributed by atoms with van der Waals surface area (Å²) < 4.78 is 5.40. The highest BCUT2D eigenvalue weighted by Crippen LogP contribution is 2.43. The molecule has 1 amide bonds. The third-order valence-electron chi connectivity index (χ3n) is 4.93. The molecule has 1 aliphatic heterocycles. The summed E-state index contributed by atoms with van der Waals surface area (Å²) in [6, 6.07) is 11.0. The van der Waals surface area contributed by atoms with Crippen LogP contribution in [0.3, 0.4) is 0 Å². The van der Waals surface area contributed by atoms with Crippen LogP contribution in [0.1, 0.15) is 24.1 Å². The second-order valence-electron chi connectivity index (χ2n) is 6.79. The van der Waals surface area contributed by atoms with Crippen LogP contribution in [0.15, 0.2) is 65.7 Å². The quantitative estimate of drug-likeness (QED) is 0.197. The first-order valence-corrected chi connectivity index (χ1v) is 10.5. The van der Waals surface area contributed by atoms with Gasteiger partial charge in [0.15, 0.2) is 5.13 Å². The van der Waals surface area contributed by atoms with E-state index in [9.17, 15) is 24.8 Å². The van der Waals surface area contributed by atoms with Crippen LogP contribution in [0, 0.1) is 10.1 Å². The molecule has 0 aliphatic carbocycles. The molecule has 0 spiro atoms. The lowest BCUT2D eigenvalue weighted by atomic mass is 9.95. The van der Waals surface area contributed by atoms with E-state index in [0.29, 0.717) is 23.5 Å². The summed E-state index contributed by atoms with van der Waals surface area (Å²) in [6.07, 6.45) is 1.50. The summed E-state index contributed by atoms with van der Waals surface area (Å²) in [5.41, 5.74) is 0.504. The zero-order valence-corrected chi connectivity index (χ0v) is 17.6. The first-order valence-electron chi connectivity index (χ1n) is 9.60. The van der Waals surface area contributed by atoms with Crippen molar-refractivity contribution in [1.82, 2.24) is 4.98 Å². The van der Waals surface area contributed by atoms with Crippen molar-refractivity contribution in [2.24, 2.45) is 0 Å². The highest BCUT2D eigenvalue weighted by atomic mass is 32.1. The lowest BCUT2D eigenvalue weighted by molar-refractivity contribution is -0.384. The van der Waals surface area contributed by atoms with E-state index >= 15 is 0 Å². The van der Waals surface area contributed by atoms with Gasteiger partial charge < -0.3 is 9.84 Å². The number of benzene rings is 2. The Bertz CT molecular complexity index is 1200. The van der Waals surface area contributed by atoms with Crippen LogP contribution in [0.5, 0.6) is 5.75 Å². The number of carbonyl (C=O) groups excluding carboxylic acids is 2. The van der Waals surface area contributed by atoms with Crippen LogP contribution in [0.4, 0.5) is 10.8 Å². The fourth-order valence-electron chi connectivity index (χ4n) is 3.49. The van der Waals surface area contributed by atoms with Crippen molar-refractivity contribution in [3.63, 3.8) is 0 Å². The summed E-state index contributed by atoms with van der Waals surface area (Å²) in [5.74, 6) is -1.46. The number of thiazole rings is 1. The molecule has 1 N–H and O–H groups in total. The van der Waals surface area contributed by atoms with Gasteiger partial charge in [-0.1, -0.05) is 0 Å². The van der Waals surface area contributed by atoms with Gasteiger partial charge in [-0.2, -0.15) is 0 Å². The molecule has 1 fully saturated rings. The Balaban J connectivity index is 1.86. The van der Waals surface area contributed by atoms with Gasteiger partial charge in [0.2, 0.25) is 0 Å². The van der Waals surface area contributed by atoms with Crippen molar-refractivity contribution in [1.29, 1.82) is 0 Å². The van der Waals surface area contributed by atoms with Gasteiger partial charge in [-0.15, -0.1) is 11.3 Å². The molecule has 9 nitrogen and oxygen atoms in total. The summed E-state index contributed by atoms with van der Waals surface area (Å²) >= 11 is 1.16. The molecule has 1 aromatic heterocycles. The molecule has 1 saturated heterocycles. The van der Waals surface area contributed by atoms with E-state index in [2.05, 4.69) is 4.98 Å². The average Bonchev–Trinajstić information content (AvgIpc) is 3.41. The highest BCUT2D eigenvalue weighted by Gasteiger charge is 2.48. The van der Waals surface area contributed by atoms with Gasteiger partial charge in [-0.25, -0.2) is 4.98 Å². The molecule has 32 heavy (non-hydrogen) atoms. The van der Waals surface area contributed by atoms with E-state index in [0.717, 1.165) is 11.3 Å². The Kier molecular flexibility index (Phi) is 5.69. The first kappa shape index (κ1) is 21.2. The molecule has 4 rings (SSSR count). The maximum atomic E-state index is 13.0. The van der Waals surface area contributed by atoms with Gasteiger partial charge in [0.1, 0.15) is 11.5 Å². The molecule has 0 saturated carbocycles. The largest absolute Gasteiger partial charge is 0.507 e. The number of amides is 1. The number of non-ortho nitro benzene ring substituents is 1. The van der Waals surface area contributed by atoms with Crippen LogP contribution in [0.25, 0.3) is 5.76 Å². The second kappa shape index (κ2) is 8.60. The maximum Gasteiger partial charge on any atom is 0.301 e. The summed E-state index contributed by atoms with van der Waals surface area (Å²) in [6.45, 7) is 2.32. The van der Waals surface area contributed by atoms with E-state index < -0.39 is 22.7 Å². The number of ether oxygens (including phenoxy) is 1. The number of aromatic nitrogens is 1. The molecule has 0 bridgehead atoms. The smallest absolute Gasteiger partial charge is 0.301 e. The molecule has 0 unspecified atom stereocenters. The number of hydrogen-bond acceptors (Lipinski definition) is 8. The average molecular weight is 451 g/mol. The molecule has 2 aromatic carbocycles. The summed E-state index contributed by atoms with van der Waals surface area (Å²) in [5, 5.41) is 24.0. The minimum absolute atomic E-state index is 0.122. The lowest BCUT2D eigenvalue weighted by Crippen LogP contribution is -2.29. The Morgan fingerprint density at radius 1 is 1.19 bits per heavy atom. The van der Waals surface area contributed by atoms with Gasteiger partial charge >= 0.3 is 5.91 Å². The molecule has 1 aliphatic rings. The van der Waals surface area contributed by atoms with Gasteiger partial charge in [0, 0.05) is 29.3 Å². The number of nitrogens with zero attached hydrogens (tertiary/aromatic N) is 3. The molecule has 3 aromatic rings. The van der Waals surface area contributed by atoms with Crippen molar-refractivity contribution >= 4 is 39.6 Å². The molecular weight excluding hydrogens is 434 g/mol. The van der Waals surface area contributed by atoms with Gasteiger partial charge in [0.05, 0.1) is 23.1 Å². The van der Waals surface area contributed by atoms with Crippen molar-refractivity contribution in [2.45, 2.75) is 13.0 Å². The molecule has 1 atom stereocenters. The minimum Gasteiger partial charge on any atom is -0.507 e. The highest BCUT2D eigenvalue weighted by molar-refractivity contribution is 7.14.